The molecule has 0 radical (unpaired) electrons. The first-order valence-corrected chi connectivity index (χ1v) is 12.4. The highest BCUT2D eigenvalue weighted by atomic mass is 35.5. The second-order valence-electron chi connectivity index (χ2n) is 10.2. The van der Waals surface area contributed by atoms with Crippen LogP contribution in [0.1, 0.15) is 48.2 Å². The third-order valence-corrected chi connectivity index (χ3v) is 7.16. The highest BCUT2D eigenvalue weighted by Crippen LogP contribution is 2.41. The van der Waals surface area contributed by atoms with E-state index in [-0.39, 0.29) is 21.9 Å². The summed E-state index contributed by atoms with van der Waals surface area (Å²) in [6.45, 7) is 4.97. The van der Waals surface area contributed by atoms with Crippen molar-refractivity contribution in [1.82, 2.24) is 15.3 Å². The number of carbonyl (C=O) groups excluding carboxylic acids is 1. The van der Waals surface area contributed by atoms with Crippen LogP contribution in [0, 0.1) is 11.3 Å². The van der Waals surface area contributed by atoms with Crippen LogP contribution in [-0.2, 0) is 5.41 Å². The number of amides is 1. The number of methoxy groups -OCH3 is 1. The lowest BCUT2D eigenvalue weighted by Crippen LogP contribution is -2.50. The molecule has 0 atom stereocenters. The van der Waals surface area contributed by atoms with Crippen molar-refractivity contribution in [3.8, 4) is 23.1 Å². The molecule has 1 aromatic heterocycles. The van der Waals surface area contributed by atoms with Gasteiger partial charge in [-0.05, 0) is 35.9 Å². The van der Waals surface area contributed by atoms with Crippen molar-refractivity contribution >= 4 is 34.8 Å². The molecule has 2 aliphatic rings. The minimum atomic E-state index is -2.75. The Labute approximate surface area is 223 Å². The van der Waals surface area contributed by atoms with E-state index in [1.165, 1.54) is 19.2 Å². The maximum atomic E-state index is 13.1. The van der Waals surface area contributed by atoms with E-state index in [1.54, 1.807) is 18.3 Å². The van der Waals surface area contributed by atoms with Crippen molar-refractivity contribution in [2.75, 3.05) is 24.3 Å². The molecule has 0 spiro atoms. The number of hydrogen-bond donors (Lipinski definition) is 3. The summed E-state index contributed by atoms with van der Waals surface area (Å²) in [5.41, 5.74) is 4.22. The van der Waals surface area contributed by atoms with Crippen LogP contribution in [0.3, 0.4) is 0 Å². The number of fused-ring (bicyclic) bond motifs is 1. The van der Waals surface area contributed by atoms with Crippen LogP contribution in [0.4, 0.5) is 26.1 Å². The normalized spacial score (nSPS) is 17.0. The van der Waals surface area contributed by atoms with E-state index in [4.69, 9.17) is 16.3 Å². The zero-order chi connectivity index (χ0) is 27.2. The van der Waals surface area contributed by atoms with Gasteiger partial charge in [0.1, 0.15) is 11.8 Å². The zero-order valence-electron chi connectivity index (χ0n) is 21.0. The molecule has 1 fully saturated rings. The van der Waals surface area contributed by atoms with Crippen LogP contribution < -0.4 is 20.7 Å². The molecule has 1 aliphatic heterocycles. The molecule has 3 N–H and O–H groups in total. The smallest absolute Gasteiger partial charge is 0.253 e. The van der Waals surface area contributed by atoms with E-state index in [0.29, 0.717) is 22.7 Å². The number of halogens is 3. The molecule has 1 aliphatic carbocycles. The fraction of sp³-hybridized carbons (Fsp3) is 0.333. The molecule has 3 aromatic rings. The minimum Gasteiger partial charge on any atom is -0.495 e. The highest BCUT2D eigenvalue weighted by molar-refractivity contribution is 6.34. The molecule has 1 saturated carbocycles. The largest absolute Gasteiger partial charge is 0.495 e. The molecule has 0 unspecified atom stereocenters. The summed E-state index contributed by atoms with van der Waals surface area (Å²) in [5.74, 6) is -2.75. The summed E-state index contributed by atoms with van der Waals surface area (Å²) in [5, 5.41) is 18.8. The van der Waals surface area contributed by atoms with E-state index in [0.717, 1.165) is 23.4 Å². The van der Waals surface area contributed by atoms with E-state index >= 15 is 0 Å². The minimum absolute atomic E-state index is 0.109. The van der Waals surface area contributed by atoms with Crippen LogP contribution in [0.2, 0.25) is 5.02 Å². The SMILES string of the molecule is COc1cc(C(=O)NC2CC(F)(F)C2)c(Cl)cc1Nc1nccc(-c2cc(C#N)c3c(c2)C(C)(C)CN3)n1. The molecule has 2 aromatic carbocycles. The van der Waals surface area contributed by atoms with Crippen LogP contribution in [0.5, 0.6) is 5.75 Å². The number of rotatable bonds is 6. The summed E-state index contributed by atoms with van der Waals surface area (Å²) in [7, 11) is 1.43. The lowest BCUT2D eigenvalue weighted by atomic mass is 9.85. The topological polar surface area (TPSA) is 112 Å². The van der Waals surface area contributed by atoms with Gasteiger partial charge in [0.05, 0.1) is 40.3 Å². The number of alkyl halides is 2. The van der Waals surface area contributed by atoms with E-state index < -0.39 is 30.7 Å². The first-order chi connectivity index (χ1) is 18.0. The Hall–Kier alpha value is -3.97. The summed E-state index contributed by atoms with van der Waals surface area (Å²) in [6, 6.07) is 10.2. The molecule has 0 bridgehead atoms. The molecule has 2 heterocycles. The predicted octanol–water partition coefficient (Wildman–Crippen LogP) is 5.65. The number of nitrogens with zero attached hydrogens (tertiary/aromatic N) is 3. The van der Waals surface area contributed by atoms with Gasteiger partial charge in [0.25, 0.3) is 11.8 Å². The number of anilines is 3. The van der Waals surface area contributed by atoms with Gasteiger partial charge in [0.2, 0.25) is 5.95 Å². The first kappa shape index (κ1) is 25.7. The van der Waals surface area contributed by atoms with Crippen molar-refractivity contribution < 1.29 is 18.3 Å². The summed E-state index contributed by atoms with van der Waals surface area (Å²) in [6.07, 6.45) is 0.807. The second kappa shape index (κ2) is 9.40. The molecule has 8 nitrogen and oxygen atoms in total. The number of nitriles is 1. The Kier molecular flexibility index (Phi) is 6.35. The third kappa shape index (κ3) is 4.82. The zero-order valence-corrected chi connectivity index (χ0v) is 21.7. The monoisotopic (exact) mass is 538 g/mol. The summed E-state index contributed by atoms with van der Waals surface area (Å²) in [4.78, 5) is 21.5. The maximum absolute atomic E-state index is 13.1. The average Bonchev–Trinajstić information content (AvgIpc) is 3.17. The second-order valence-corrected chi connectivity index (χ2v) is 10.6. The van der Waals surface area contributed by atoms with Crippen molar-refractivity contribution in [3.05, 3.63) is 58.2 Å². The Morgan fingerprint density at radius 3 is 2.71 bits per heavy atom. The lowest BCUT2D eigenvalue weighted by Gasteiger charge is -2.35. The van der Waals surface area contributed by atoms with Crippen molar-refractivity contribution in [3.63, 3.8) is 0 Å². The van der Waals surface area contributed by atoms with Crippen molar-refractivity contribution in [1.29, 1.82) is 5.26 Å². The Balaban J connectivity index is 1.41. The summed E-state index contributed by atoms with van der Waals surface area (Å²) >= 11 is 6.38. The molecular weight excluding hydrogens is 514 g/mol. The standard InChI is InChI=1S/C27H25ClF2N6O2/c1-26(2)13-33-23-15(12-31)6-14(7-18(23)26)20-4-5-32-25(35-20)36-21-9-19(28)17(8-22(21)38-3)24(37)34-16-10-27(29,30)11-16/h4-9,16,33H,10-11,13H2,1-3H3,(H,34,37)(H,32,35,36). The van der Waals surface area contributed by atoms with Gasteiger partial charge in [-0.15, -0.1) is 0 Å². The number of aromatic nitrogens is 2. The molecule has 1 amide bonds. The van der Waals surface area contributed by atoms with Gasteiger partial charge in [-0.25, -0.2) is 18.7 Å². The quantitative estimate of drug-likeness (QED) is 0.371. The molecule has 11 heteroatoms. The van der Waals surface area contributed by atoms with Gasteiger partial charge in [-0.3, -0.25) is 4.79 Å². The van der Waals surface area contributed by atoms with Gasteiger partial charge < -0.3 is 20.7 Å². The lowest BCUT2D eigenvalue weighted by molar-refractivity contribution is -0.0901. The summed E-state index contributed by atoms with van der Waals surface area (Å²) < 4.78 is 31.7. The fourth-order valence-electron chi connectivity index (χ4n) is 4.73. The van der Waals surface area contributed by atoms with Gasteiger partial charge in [0, 0.05) is 42.6 Å². The fourth-order valence-corrected chi connectivity index (χ4v) is 4.98. The molecule has 196 valence electrons. The molecular formula is C27H25ClF2N6O2. The number of benzene rings is 2. The average molecular weight is 539 g/mol. The Morgan fingerprint density at radius 2 is 2.03 bits per heavy atom. The van der Waals surface area contributed by atoms with Gasteiger partial charge >= 0.3 is 0 Å². The third-order valence-electron chi connectivity index (χ3n) is 6.85. The van der Waals surface area contributed by atoms with E-state index in [2.05, 4.69) is 45.8 Å². The number of carbonyl (C=O) groups is 1. The van der Waals surface area contributed by atoms with Gasteiger partial charge in [0.15, 0.2) is 0 Å². The van der Waals surface area contributed by atoms with Gasteiger partial charge in [-0.1, -0.05) is 25.4 Å². The predicted molar refractivity (Wildman–Crippen MR) is 140 cm³/mol. The van der Waals surface area contributed by atoms with Crippen LogP contribution in [0.25, 0.3) is 11.3 Å². The van der Waals surface area contributed by atoms with E-state index in [1.807, 2.05) is 6.07 Å². The maximum Gasteiger partial charge on any atom is 0.253 e. The van der Waals surface area contributed by atoms with Crippen LogP contribution >= 0.6 is 11.6 Å². The Morgan fingerprint density at radius 1 is 1.26 bits per heavy atom. The number of ether oxygens (including phenoxy) is 1. The van der Waals surface area contributed by atoms with Crippen molar-refractivity contribution in [2.45, 2.75) is 44.1 Å². The molecule has 5 rings (SSSR count). The molecule has 0 saturated heterocycles. The first-order valence-electron chi connectivity index (χ1n) is 12.0. The van der Waals surface area contributed by atoms with Crippen molar-refractivity contribution in [2.24, 2.45) is 0 Å². The van der Waals surface area contributed by atoms with Crippen LogP contribution in [-0.4, -0.2) is 41.5 Å². The number of nitrogens with one attached hydrogen (secondary N) is 3. The Bertz CT molecular complexity index is 1480. The van der Waals surface area contributed by atoms with Crippen LogP contribution in [0.15, 0.2) is 36.5 Å². The highest BCUT2D eigenvalue weighted by Gasteiger charge is 2.46. The van der Waals surface area contributed by atoms with Gasteiger partial charge in [-0.2, -0.15) is 5.26 Å². The molecule has 38 heavy (non-hydrogen) atoms. The van der Waals surface area contributed by atoms with E-state index in [9.17, 15) is 18.8 Å². The number of hydrogen-bond acceptors (Lipinski definition) is 7.